The SMILES string of the molecule is CCN(CCn1cccn1)C(=O)Nc1c(F)cccc1C(F)(F)F. The summed E-state index contributed by atoms with van der Waals surface area (Å²) in [6.07, 6.45) is -1.49. The number of rotatable bonds is 5. The number of halogens is 4. The Morgan fingerprint density at radius 2 is 2.08 bits per heavy atom. The van der Waals surface area contributed by atoms with Crippen molar-refractivity contribution in [2.45, 2.75) is 19.6 Å². The fourth-order valence-corrected chi connectivity index (χ4v) is 2.13. The molecule has 0 radical (unpaired) electrons. The van der Waals surface area contributed by atoms with E-state index in [-0.39, 0.29) is 13.1 Å². The lowest BCUT2D eigenvalue weighted by Gasteiger charge is -2.23. The maximum Gasteiger partial charge on any atom is 0.418 e. The first-order valence-electron chi connectivity index (χ1n) is 7.22. The van der Waals surface area contributed by atoms with Gasteiger partial charge in [-0.15, -0.1) is 0 Å². The fourth-order valence-electron chi connectivity index (χ4n) is 2.13. The van der Waals surface area contributed by atoms with Gasteiger partial charge in [0.25, 0.3) is 0 Å². The Labute approximate surface area is 135 Å². The minimum atomic E-state index is -4.77. The van der Waals surface area contributed by atoms with Crippen molar-refractivity contribution in [3.8, 4) is 0 Å². The Kier molecular flexibility index (Phi) is 5.42. The zero-order valence-corrected chi connectivity index (χ0v) is 12.8. The van der Waals surface area contributed by atoms with Crippen LogP contribution in [0.15, 0.2) is 36.7 Å². The summed E-state index contributed by atoms with van der Waals surface area (Å²) in [5, 5.41) is 6.00. The maximum absolute atomic E-state index is 13.8. The quantitative estimate of drug-likeness (QED) is 0.843. The van der Waals surface area contributed by atoms with Gasteiger partial charge >= 0.3 is 12.2 Å². The third-order valence-corrected chi connectivity index (χ3v) is 3.38. The van der Waals surface area contributed by atoms with Gasteiger partial charge in [0.15, 0.2) is 0 Å². The van der Waals surface area contributed by atoms with Gasteiger partial charge in [-0.3, -0.25) is 4.68 Å². The molecule has 0 bridgehead atoms. The number of likely N-dealkylation sites (N-methyl/N-ethyl adjacent to an activating group) is 1. The Morgan fingerprint density at radius 3 is 2.67 bits per heavy atom. The molecule has 0 atom stereocenters. The minimum absolute atomic E-state index is 0.222. The van der Waals surface area contributed by atoms with E-state index in [1.165, 1.54) is 4.90 Å². The summed E-state index contributed by atoms with van der Waals surface area (Å²) in [5.74, 6) is -1.14. The van der Waals surface area contributed by atoms with E-state index in [9.17, 15) is 22.4 Å². The predicted octanol–water partition coefficient (Wildman–Crippen LogP) is 3.60. The van der Waals surface area contributed by atoms with Crippen LogP contribution in [0.4, 0.5) is 28.0 Å². The second-order valence-corrected chi connectivity index (χ2v) is 4.94. The van der Waals surface area contributed by atoms with Gasteiger partial charge in [0.2, 0.25) is 0 Å². The maximum atomic E-state index is 13.8. The van der Waals surface area contributed by atoms with Crippen LogP contribution in [0.5, 0.6) is 0 Å². The summed E-state index contributed by atoms with van der Waals surface area (Å²) < 4.78 is 54.2. The number of nitrogens with one attached hydrogen (secondary N) is 1. The number of alkyl halides is 3. The number of benzene rings is 1. The van der Waals surface area contributed by atoms with Gasteiger partial charge in [0.1, 0.15) is 5.82 Å². The molecular weight excluding hydrogens is 328 g/mol. The Bertz CT molecular complexity index is 685. The lowest BCUT2D eigenvalue weighted by atomic mass is 10.1. The molecule has 0 aliphatic heterocycles. The van der Waals surface area contributed by atoms with Gasteiger partial charge in [-0.2, -0.15) is 18.3 Å². The fraction of sp³-hybridized carbons (Fsp3) is 0.333. The number of urea groups is 1. The summed E-state index contributed by atoms with van der Waals surface area (Å²) in [4.78, 5) is 13.5. The largest absolute Gasteiger partial charge is 0.418 e. The number of amides is 2. The molecule has 2 amide bonds. The monoisotopic (exact) mass is 344 g/mol. The van der Waals surface area contributed by atoms with E-state index >= 15 is 0 Å². The number of aromatic nitrogens is 2. The van der Waals surface area contributed by atoms with Crippen LogP contribution in [0.3, 0.4) is 0 Å². The molecule has 1 heterocycles. The Balaban J connectivity index is 2.12. The predicted molar refractivity (Wildman–Crippen MR) is 79.9 cm³/mol. The second-order valence-electron chi connectivity index (χ2n) is 4.94. The minimum Gasteiger partial charge on any atom is -0.323 e. The van der Waals surface area contributed by atoms with E-state index in [4.69, 9.17) is 0 Å². The third-order valence-electron chi connectivity index (χ3n) is 3.38. The van der Waals surface area contributed by atoms with E-state index in [1.54, 1.807) is 30.1 Å². The molecule has 1 N–H and O–H groups in total. The highest BCUT2D eigenvalue weighted by Crippen LogP contribution is 2.36. The van der Waals surface area contributed by atoms with Crippen LogP contribution in [0.1, 0.15) is 12.5 Å². The number of hydrogen-bond donors (Lipinski definition) is 1. The molecule has 9 heteroatoms. The number of anilines is 1. The van der Waals surface area contributed by atoms with Crippen molar-refractivity contribution in [2.24, 2.45) is 0 Å². The topological polar surface area (TPSA) is 50.2 Å². The number of para-hydroxylation sites is 1. The van der Waals surface area contributed by atoms with E-state index < -0.39 is 29.3 Å². The Morgan fingerprint density at radius 1 is 1.33 bits per heavy atom. The molecule has 1 aromatic heterocycles. The normalized spacial score (nSPS) is 11.4. The van der Waals surface area contributed by atoms with Gasteiger partial charge in [-0.1, -0.05) is 6.07 Å². The highest BCUT2D eigenvalue weighted by atomic mass is 19.4. The van der Waals surface area contributed by atoms with Crippen LogP contribution in [-0.2, 0) is 12.7 Å². The van der Waals surface area contributed by atoms with Crippen LogP contribution in [-0.4, -0.2) is 33.8 Å². The number of hydrogen-bond acceptors (Lipinski definition) is 2. The van der Waals surface area contributed by atoms with Crippen molar-refractivity contribution >= 4 is 11.7 Å². The average molecular weight is 344 g/mol. The lowest BCUT2D eigenvalue weighted by Crippen LogP contribution is -2.37. The first-order valence-corrected chi connectivity index (χ1v) is 7.22. The summed E-state index contributed by atoms with van der Waals surface area (Å²) >= 11 is 0. The summed E-state index contributed by atoms with van der Waals surface area (Å²) in [6, 6.07) is 3.44. The molecule has 0 saturated carbocycles. The molecule has 0 spiro atoms. The molecule has 0 fully saturated rings. The van der Waals surface area contributed by atoms with Crippen LogP contribution in [0.25, 0.3) is 0 Å². The zero-order valence-electron chi connectivity index (χ0n) is 12.8. The Hall–Kier alpha value is -2.58. The van der Waals surface area contributed by atoms with Gasteiger partial charge in [-0.25, -0.2) is 9.18 Å². The molecular formula is C15H16F4N4O. The van der Waals surface area contributed by atoms with Gasteiger partial charge in [-0.05, 0) is 25.1 Å². The van der Waals surface area contributed by atoms with Crippen LogP contribution >= 0.6 is 0 Å². The van der Waals surface area contributed by atoms with Crippen LogP contribution in [0.2, 0.25) is 0 Å². The summed E-state index contributed by atoms with van der Waals surface area (Å²) in [7, 11) is 0. The van der Waals surface area contributed by atoms with Gasteiger partial charge in [0.05, 0.1) is 17.8 Å². The highest BCUT2D eigenvalue weighted by Gasteiger charge is 2.35. The molecule has 2 aromatic rings. The van der Waals surface area contributed by atoms with E-state index in [0.29, 0.717) is 6.54 Å². The molecule has 0 aliphatic rings. The first-order chi connectivity index (χ1) is 11.3. The van der Waals surface area contributed by atoms with E-state index in [2.05, 4.69) is 5.10 Å². The summed E-state index contributed by atoms with van der Waals surface area (Å²) in [5.41, 5.74) is -2.09. The van der Waals surface area contributed by atoms with Crippen molar-refractivity contribution < 1.29 is 22.4 Å². The molecule has 2 rings (SSSR count). The third kappa shape index (κ3) is 4.24. The van der Waals surface area contributed by atoms with Crippen LogP contribution < -0.4 is 5.32 Å². The van der Waals surface area contributed by atoms with Crippen molar-refractivity contribution in [3.63, 3.8) is 0 Å². The first kappa shape index (κ1) is 17.8. The number of carbonyl (C=O) groups is 1. The lowest BCUT2D eigenvalue weighted by molar-refractivity contribution is -0.137. The number of carbonyl (C=O) groups excluding carboxylic acids is 1. The van der Waals surface area contributed by atoms with E-state index in [0.717, 1.165) is 18.2 Å². The molecule has 130 valence electrons. The smallest absolute Gasteiger partial charge is 0.323 e. The van der Waals surface area contributed by atoms with Crippen LogP contribution in [0, 0.1) is 5.82 Å². The van der Waals surface area contributed by atoms with Crippen molar-refractivity contribution in [2.75, 3.05) is 18.4 Å². The highest BCUT2D eigenvalue weighted by molar-refractivity contribution is 5.90. The average Bonchev–Trinajstić information content (AvgIpc) is 3.02. The molecule has 0 aliphatic carbocycles. The zero-order chi connectivity index (χ0) is 17.7. The van der Waals surface area contributed by atoms with E-state index in [1.807, 2.05) is 5.32 Å². The molecule has 24 heavy (non-hydrogen) atoms. The van der Waals surface area contributed by atoms with Crippen molar-refractivity contribution in [3.05, 3.63) is 48.0 Å². The molecule has 1 aromatic carbocycles. The number of nitrogens with zero attached hydrogens (tertiary/aromatic N) is 3. The molecule has 5 nitrogen and oxygen atoms in total. The van der Waals surface area contributed by atoms with Crippen molar-refractivity contribution in [1.29, 1.82) is 0 Å². The second kappa shape index (κ2) is 7.33. The summed E-state index contributed by atoms with van der Waals surface area (Å²) in [6.45, 7) is 2.52. The standard InChI is InChI=1S/C15H16F4N4O/c1-2-22(9-10-23-8-4-7-20-23)14(24)21-13-11(15(17,18)19)5-3-6-12(13)16/h3-8H,2,9-10H2,1H3,(H,21,24). The molecule has 0 saturated heterocycles. The molecule has 0 unspecified atom stereocenters. The van der Waals surface area contributed by atoms with Crippen molar-refractivity contribution in [1.82, 2.24) is 14.7 Å². The van der Waals surface area contributed by atoms with Gasteiger partial charge in [0, 0.05) is 25.5 Å². The van der Waals surface area contributed by atoms with Gasteiger partial charge < -0.3 is 10.2 Å².